The summed E-state index contributed by atoms with van der Waals surface area (Å²) in [5.41, 5.74) is 1.90. The molecular formula is C11H9BrClN3. The van der Waals surface area contributed by atoms with Crippen LogP contribution in [0, 0.1) is 0 Å². The third kappa shape index (κ3) is 2.93. The van der Waals surface area contributed by atoms with Crippen molar-refractivity contribution in [1.29, 1.82) is 0 Å². The smallest absolute Gasteiger partial charge is 0.152 e. The van der Waals surface area contributed by atoms with Crippen LogP contribution in [0.1, 0.15) is 5.56 Å². The molecule has 0 spiro atoms. The molecule has 0 amide bonds. The van der Waals surface area contributed by atoms with E-state index >= 15 is 0 Å². The number of nitrogens with zero attached hydrogens (tertiary/aromatic N) is 2. The molecule has 2 heterocycles. The van der Waals surface area contributed by atoms with Crippen LogP contribution in [0.2, 0.25) is 5.15 Å². The quantitative estimate of drug-likeness (QED) is 0.881. The molecule has 5 heteroatoms. The molecule has 16 heavy (non-hydrogen) atoms. The molecule has 0 saturated carbocycles. The molecule has 0 aliphatic carbocycles. The first kappa shape index (κ1) is 11.4. The Morgan fingerprint density at radius 1 is 1.38 bits per heavy atom. The van der Waals surface area contributed by atoms with Gasteiger partial charge in [-0.2, -0.15) is 0 Å². The molecule has 3 nitrogen and oxygen atoms in total. The van der Waals surface area contributed by atoms with Gasteiger partial charge < -0.3 is 5.32 Å². The van der Waals surface area contributed by atoms with E-state index in [4.69, 9.17) is 11.6 Å². The number of aromatic nitrogens is 2. The van der Waals surface area contributed by atoms with Gasteiger partial charge in [-0.15, -0.1) is 0 Å². The highest BCUT2D eigenvalue weighted by atomic mass is 79.9. The zero-order chi connectivity index (χ0) is 11.4. The minimum atomic E-state index is 0.465. The molecule has 0 aromatic carbocycles. The van der Waals surface area contributed by atoms with E-state index in [1.807, 2.05) is 24.4 Å². The van der Waals surface area contributed by atoms with Gasteiger partial charge in [0.25, 0.3) is 0 Å². The molecule has 0 radical (unpaired) electrons. The summed E-state index contributed by atoms with van der Waals surface area (Å²) in [6, 6.07) is 5.79. The predicted molar refractivity (Wildman–Crippen MR) is 68.5 cm³/mol. The van der Waals surface area contributed by atoms with Gasteiger partial charge in [-0.3, -0.25) is 4.98 Å². The zero-order valence-electron chi connectivity index (χ0n) is 8.32. The summed E-state index contributed by atoms with van der Waals surface area (Å²) in [7, 11) is 0. The highest BCUT2D eigenvalue weighted by Gasteiger charge is 2.01. The normalized spacial score (nSPS) is 10.1. The highest BCUT2D eigenvalue weighted by molar-refractivity contribution is 9.10. The van der Waals surface area contributed by atoms with Gasteiger partial charge in [0.2, 0.25) is 0 Å². The van der Waals surface area contributed by atoms with Gasteiger partial charge in [-0.05, 0) is 33.6 Å². The third-order valence-corrected chi connectivity index (χ3v) is 2.75. The Hall–Kier alpha value is -1.13. The lowest BCUT2D eigenvalue weighted by atomic mass is 10.3. The van der Waals surface area contributed by atoms with Crippen LogP contribution in [0.3, 0.4) is 0 Å². The van der Waals surface area contributed by atoms with E-state index < -0.39 is 0 Å². The molecule has 0 bridgehead atoms. The lowest BCUT2D eigenvalue weighted by Gasteiger charge is -2.07. The van der Waals surface area contributed by atoms with Gasteiger partial charge in [0.05, 0.1) is 5.69 Å². The van der Waals surface area contributed by atoms with Crippen LogP contribution in [-0.2, 0) is 6.54 Å². The summed E-state index contributed by atoms with van der Waals surface area (Å²) in [4.78, 5) is 8.07. The average Bonchev–Trinajstić information content (AvgIpc) is 2.32. The second kappa shape index (κ2) is 5.27. The Morgan fingerprint density at radius 3 is 3.00 bits per heavy atom. The van der Waals surface area contributed by atoms with Crippen molar-refractivity contribution >= 4 is 33.2 Å². The summed E-state index contributed by atoms with van der Waals surface area (Å²) < 4.78 is 0.894. The Balaban J connectivity index is 2.08. The first-order chi connectivity index (χ1) is 7.75. The maximum absolute atomic E-state index is 5.95. The van der Waals surface area contributed by atoms with E-state index in [0.717, 1.165) is 15.7 Å². The second-order valence-electron chi connectivity index (χ2n) is 3.21. The highest BCUT2D eigenvalue weighted by Crippen LogP contribution is 2.23. The predicted octanol–water partition coefficient (Wildman–Crippen LogP) is 3.50. The Bertz CT molecular complexity index is 476. The van der Waals surface area contributed by atoms with Gasteiger partial charge in [-0.1, -0.05) is 17.7 Å². The second-order valence-corrected chi connectivity index (χ2v) is 4.48. The lowest BCUT2D eigenvalue weighted by Crippen LogP contribution is -2.00. The van der Waals surface area contributed by atoms with Crippen molar-refractivity contribution in [1.82, 2.24) is 9.97 Å². The molecule has 82 valence electrons. The molecule has 1 N–H and O–H groups in total. The first-order valence-electron chi connectivity index (χ1n) is 4.69. The molecule has 2 aromatic heterocycles. The van der Waals surface area contributed by atoms with E-state index in [1.165, 1.54) is 0 Å². The maximum atomic E-state index is 5.95. The van der Waals surface area contributed by atoms with Crippen LogP contribution in [0.4, 0.5) is 5.69 Å². The fourth-order valence-electron chi connectivity index (χ4n) is 1.25. The van der Waals surface area contributed by atoms with Crippen LogP contribution in [0.15, 0.2) is 41.3 Å². The number of hydrogen-bond acceptors (Lipinski definition) is 3. The molecule has 0 aliphatic rings. The monoisotopic (exact) mass is 297 g/mol. The molecule has 0 atom stereocenters. The van der Waals surface area contributed by atoms with Crippen LogP contribution < -0.4 is 5.32 Å². The van der Waals surface area contributed by atoms with Gasteiger partial charge in [0.1, 0.15) is 0 Å². The molecule has 2 aromatic rings. The zero-order valence-corrected chi connectivity index (χ0v) is 10.7. The lowest BCUT2D eigenvalue weighted by molar-refractivity contribution is 1.10. The number of pyridine rings is 2. The van der Waals surface area contributed by atoms with Crippen molar-refractivity contribution in [3.05, 3.63) is 52.0 Å². The molecule has 0 fully saturated rings. The average molecular weight is 299 g/mol. The molecule has 0 unspecified atom stereocenters. The van der Waals surface area contributed by atoms with Crippen LogP contribution in [-0.4, -0.2) is 9.97 Å². The number of rotatable bonds is 3. The van der Waals surface area contributed by atoms with Crippen molar-refractivity contribution < 1.29 is 0 Å². The molecule has 0 aliphatic heterocycles. The SMILES string of the molecule is Clc1ncc(Br)cc1NCc1cccnc1. The molecule has 0 saturated heterocycles. The molecule has 2 rings (SSSR count). The van der Waals surface area contributed by atoms with Gasteiger partial charge >= 0.3 is 0 Å². The standard InChI is InChI=1S/C11H9BrClN3/c12-9-4-10(11(13)16-7-9)15-6-8-2-1-3-14-5-8/h1-5,7,15H,6H2. The first-order valence-corrected chi connectivity index (χ1v) is 5.86. The van der Waals surface area contributed by atoms with Gasteiger partial charge in [-0.25, -0.2) is 4.98 Å². The third-order valence-electron chi connectivity index (χ3n) is 2.01. The van der Waals surface area contributed by atoms with Crippen LogP contribution >= 0.6 is 27.5 Å². The van der Waals surface area contributed by atoms with E-state index in [-0.39, 0.29) is 0 Å². The summed E-state index contributed by atoms with van der Waals surface area (Å²) in [5, 5.41) is 3.67. The van der Waals surface area contributed by atoms with E-state index in [2.05, 4.69) is 31.2 Å². The van der Waals surface area contributed by atoms with Crippen molar-refractivity contribution in [3.63, 3.8) is 0 Å². The Labute approximate surface area is 107 Å². The largest absolute Gasteiger partial charge is 0.378 e. The fourth-order valence-corrected chi connectivity index (χ4v) is 1.75. The fraction of sp³-hybridized carbons (Fsp3) is 0.0909. The van der Waals surface area contributed by atoms with Crippen molar-refractivity contribution in [3.8, 4) is 0 Å². The van der Waals surface area contributed by atoms with Crippen molar-refractivity contribution in [2.45, 2.75) is 6.54 Å². The van der Waals surface area contributed by atoms with Gasteiger partial charge in [0.15, 0.2) is 5.15 Å². The minimum absolute atomic E-state index is 0.465. The van der Waals surface area contributed by atoms with E-state index in [1.54, 1.807) is 12.4 Å². The summed E-state index contributed by atoms with van der Waals surface area (Å²) >= 11 is 9.30. The Morgan fingerprint density at radius 2 is 2.25 bits per heavy atom. The summed E-state index contributed by atoms with van der Waals surface area (Å²) in [6.45, 7) is 0.672. The van der Waals surface area contributed by atoms with Crippen LogP contribution in [0.5, 0.6) is 0 Å². The molecular weight excluding hydrogens is 289 g/mol. The topological polar surface area (TPSA) is 37.8 Å². The van der Waals surface area contributed by atoms with Crippen LogP contribution in [0.25, 0.3) is 0 Å². The number of halogens is 2. The number of anilines is 1. The van der Waals surface area contributed by atoms with Crippen molar-refractivity contribution in [2.24, 2.45) is 0 Å². The summed E-state index contributed by atoms with van der Waals surface area (Å²) in [6.07, 6.45) is 5.22. The maximum Gasteiger partial charge on any atom is 0.152 e. The van der Waals surface area contributed by atoms with E-state index in [9.17, 15) is 0 Å². The van der Waals surface area contributed by atoms with E-state index in [0.29, 0.717) is 11.7 Å². The minimum Gasteiger partial charge on any atom is -0.378 e. The number of nitrogens with one attached hydrogen (secondary N) is 1. The van der Waals surface area contributed by atoms with Gasteiger partial charge in [0, 0.05) is 29.6 Å². The number of hydrogen-bond donors (Lipinski definition) is 1. The summed E-state index contributed by atoms with van der Waals surface area (Å²) in [5.74, 6) is 0. The van der Waals surface area contributed by atoms with Crippen molar-refractivity contribution in [2.75, 3.05) is 5.32 Å². The Kier molecular flexibility index (Phi) is 3.74.